The quantitative estimate of drug-likeness (QED) is 0.521. The summed E-state index contributed by atoms with van der Waals surface area (Å²) in [6.45, 7) is 1.11. The zero-order valence-electron chi connectivity index (χ0n) is 16.0. The summed E-state index contributed by atoms with van der Waals surface area (Å²) in [7, 11) is 0. The van der Waals surface area contributed by atoms with Crippen LogP contribution in [0.2, 0.25) is 0 Å². The second-order valence-corrected chi connectivity index (χ2v) is 8.09. The Kier molecular flexibility index (Phi) is 4.54. The first-order chi connectivity index (χ1) is 14.9. The van der Waals surface area contributed by atoms with Gasteiger partial charge in [0.2, 0.25) is 5.43 Å². The lowest BCUT2D eigenvalue weighted by Gasteiger charge is -2.30. The lowest BCUT2D eigenvalue weighted by atomic mass is 10.1. The van der Waals surface area contributed by atoms with Crippen molar-refractivity contribution in [1.82, 2.24) is 19.1 Å². The Labute approximate surface area is 177 Å². The smallest absolute Gasteiger partial charge is 0.341 e. The highest BCUT2D eigenvalue weighted by Crippen LogP contribution is 2.32. The molecule has 0 atom stereocenters. The third kappa shape index (κ3) is 3.17. The van der Waals surface area contributed by atoms with E-state index in [9.17, 15) is 14.7 Å². The minimum Gasteiger partial charge on any atom is -0.477 e. The van der Waals surface area contributed by atoms with E-state index < -0.39 is 28.6 Å². The Bertz CT molecular complexity index is 1380. The van der Waals surface area contributed by atoms with Crippen LogP contribution in [-0.4, -0.2) is 36.7 Å². The van der Waals surface area contributed by atoms with Crippen LogP contribution in [0.4, 0.5) is 14.5 Å². The normalized spacial score (nSPS) is 13.5. The lowest BCUT2D eigenvalue weighted by molar-refractivity contribution is 0.0695. The van der Waals surface area contributed by atoms with Crippen LogP contribution in [0.15, 0.2) is 41.0 Å². The zero-order valence-corrected chi connectivity index (χ0v) is 16.8. The van der Waals surface area contributed by atoms with E-state index >= 15 is 8.78 Å². The van der Waals surface area contributed by atoms with E-state index in [1.54, 1.807) is 24.0 Å². The lowest BCUT2D eigenvalue weighted by Crippen LogP contribution is -2.35. The predicted octanol–water partition coefficient (Wildman–Crippen LogP) is 2.70. The molecule has 158 valence electrons. The average molecular weight is 443 g/mol. The molecule has 31 heavy (non-hydrogen) atoms. The van der Waals surface area contributed by atoms with Gasteiger partial charge in [0.1, 0.15) is 27.9 Å². The van der Waals surface area contributed by atoms with Crippen molar-refractivity contribution in [2.24, 2.45) is 0 Å². The van der Waals surface area contributed by atoms with Crippen molar-refractivity contribution in [3.05, 3.63) is 74.5 Å². The Morgan fingerprint density at radius 2 is 2.06 bits per heavy atom. The number of hydrogen-bond acceptors (Lipinski definition) is 6. The van der Waals surface area contributed by atoms with Crippen LogP contribution in [0.5, 0.6) is 0 Å². The molecule has 4 heterocycles. The molecule has 0 aliphatic carbocycles. The third-order valence-corrected chi connectivity index (χ3v) is 6.07. The number of fused-ring (bicyclic) bond motifs is 2. The molecule has 0 bridgehead atoms. The van der Waals surface area contributed by atoms with Crippen molar-refractivity contribution in [2.45, 2.75) is 19.6 Å². The summed E-state index contributed by atoms with van der Waals surface area (Å²) in [4.78, 5) is 34.1. The first kappa shape index (κ1) is 19.4. The summed E-state index contributed by atoms with van der Waals surface area (Å²) in [5.74, 6) is -2.63. The fourth-order valence-electron chi connectivity index (χ4n) is 3.88. The van der Waals surface area contributed by atoms with Crippen molar-refractivity contribution in [3.8, 4) is 0 Å². The summed E-state index contributed by atoms with van der Waals surface area (Å²) in [6, 6.07) is 0.919. The predicted molar refractivity (Wildman–Crippen MR) is 110 cm³/mol. The molecule has 1 aliphatic heterocycles. The van der Waals surface area contributed by atoms with Crippen molar-refractivity contribution in [1.29, 1.82) is 0 Å². The van der Waals surface area contributed by atoms with Gasteiger partial charge in [-0.05, 0) is 6.07 Å². The van der Waals surface area contributed by atoms with Gasteiger partial charge in [-0.15, -0.1) is 11.3 Å². The number of carbonyl (C=O) groups is 1. The molecule has 1 aromatic carbocycles. The van der Waals surface area contributed by atoms with Crippen LogP contribution >= 0.6 is 11.3 Å². The van der Waals surface area contributed by atoms with Crippen LogP contribution in [0.25, 0.3) is 10.9 Å². The van der Waals surface area contributed by atoms with Crippen LogP contribution in [-0.2, 0) is 19.6 Å². The maximum absolute atomic E-state index is 15.8. The van der Waals surface area contributed by atoms with Crippen LogP contribution < -0.4 is 10.3 Å². The Morgan fingerprint density at radius 1 is 1.23 bits per heavy atom. The molecule has 5 rings (SSSR count). The Morgan fingerprint density at radius 3 is 2.81 bits per heavy atom. The number of carboxylic acid groups (broad SMARTS) is 1. The molecular weight excluding hydrogens is 428 g/mol. The van der Waals surface area contributed by atoms with Gasteiger partial charge in [-0.25, -0.2) is 23.5 Å². The summed E-state index contributed by atoms with van der Waals surface area (Å²) in [6.07, 6.45) is 6.09. The van der Waals surface area contributed by atoms with Crippen molar-refractivity contribution >= 4 is 33.9 Å². The van der Waals surface area contributed by atoms with E-state index in [1.807, 2.05) is 4.57 Å². The second kappa shape index (κ2) is 7.27. The molecule has 0 saturated heterocycles. The number of halogens is 2. The van der Waals surface area contributed by atoms with Crippen molar-refractivity contribution in [3.63, 3.8) is 0 Å². The minimum absolute atomic E-state index is 0.0428. The monoisotopic (exact) mass is 443 g/mol. The van der Waals surface area contributed by atoms with Gasteiger partial charge in [-0.1, -0.05) is 0 Å². The molecule has 0 radical (unpaired) electrons. The first-order valence-electron chi connectivity index (χ1n) is 9.36. The minimum atomic E-state index is -1.47. The van der Waals surface area contributed by atoms with Gasteiger partial charge in [0, 0.05) is 43.3 Å². The fraction of sp³-hybridized carbons (Fsp3) is 0.200. The molecule has 11 heteroatoms. The van der Waals surface area contributed by atoms with Gasteiger partial charge in [0.05, 0.1) is 24.0 Å². The standard InChI is InChI=1S/C20H15F2N5O3S/c21-13-7-11-17(16(22)18(13)26-5-4-25-3-1-23-14(25)9-26)27(10-15-24-2-6-31-15)8-12(19(11)28)20(29)30/h1-3,6-8H,4-5,9-10H2,(H,29,30). The molecule has 0 fully saturated rings. The van der Waals surface area contributed by atoms with E-state index in [4.69, 9.17) is 0 Å². The zero-order chi connectivity index (χ0) is 21.7. The number of hydrogen-bond donors (Lipinski definition) is 1. The van der Waals surface area contributed by atoms with Gasteiger partial charge < -0.3 is 19.1 Å². The summed E-state index contributed by atoms with van der Waals surface area (Å²) < 4.78 is 34.1. The molecule has 0 saturated carbocycles. The van der Waals surface area contributed by atoms with E-state index in [0.29, 0.717) is 23.9 Å². The fourth-order valence-corrected chi connectivity index (χ4v) is 4.50. The number of anilines is 1. The molecule has 3 aromatic heterocycles. The summed E-state index contributed by atoms with van der Waals surface area (Å²) in [5, 5.41) is 11.4. The molecule has 1 N–H and O–H groups in total. The Balaban J connectivity index is 1.73. The number of thiazole rings is 1. The van der Waals surface area contributed by atoms with Crippen LogP contribution in [0.1, 0.15) is 21.2 Å². The average Bonchev–Trinajstić information content (AvgIpc) is 3.41. The van der Waals surface area contributed by atoms with E-state index in [2.05, 4.69) is 9.97 Å². The van der Waals surface area contributed by atoms with Gasteiger partial charge >= 0.3 is 5.97 Å². The van der Waals surface area contributed by atoms with Crippen molar-refractivity contribution in [2.75, 3.05) is 11.4 Å². The first-order valence-corrected chi connectivity index (χ1v) is 10.2. The Hall–Kier alpha value is -3.60. The second-order valence-electron chi connectivity index (χ2n) is 7.11. The van der Waals surface area contributed by atoms with Gasteiger partial charge in [-0.3, -0.25) is 4.79 Å². The molecule has 4 aromatic rings. The van der Waals surface area contributed by atoms with E-state index in [-0.39, 0.29) is 29.7 Å². The number of benzene rings is 1. The highest BCUT2D eigenvalue weighted by atomic mass is 32.1. The number of carboxylic acids is 1. The molecule has 8 nitrogen and oxygen atoms in total. The largest absolute Gasteiger partial charge is 0.477 e. The number of aromatic carboxylic acids is 1. The third-order valence-electron chi connectivity index (χ3n) is 5.31. The van der Waals surface area contributed by atoms with Gasteiger partial charge in [0.25, 0.3) is 0 Å². The maximum atomic E-state index is 15.8. The number of rotatable bonds is 4. The molecule has 0 amide bonds. The highest BCUT2D eigenvalue weighted by Gasteiger charge is 2.27. The summed E-state index contributed by atoms with van der Waals surface area (Å²) in [5.41, 5.74) is -1.92. The molecular formula is C20H15F2N5O3S. The van der Waals surface area contributed by atoms with Gasteiger partial charge in [0.15, 0.2) is 5.82 Å². The number of aromatic nitrogens is 4. The SMILES string of the molecule is O=C(O)c1cn(Cc2nccs2)c2c(F)c(N3CCn4ccnc4C3)c(F)cc2c1=O. The highest BCUT2D eigenvalue weighted by molar-refractivity contribution is 7.09. The maximum Gasteiger partial charge on any atom is 0.341 e. The number of imidazole rings is 1. The van der Waals surface area contributed by atoms with Crippen LogP contribution in [0, 0.1) is 11.6 Å². The molecule has 0 spiro atoms. The summed E-state index contributed by atoms with van der Waals surface area (Å²) >= 11 is 1.30. The van der Waals surface area contributed by atoms with Gasteiger partial charge in [-0.2, -0.15) is 0 Å². The molecule has 1 aliphatic rings. The molecule has 0 unspecified atom stereocenters. The van der Waals surface area contributed by atoms with E-state index in [0.717, 1.165) is 12.3 Å². The van der Waals surface area contributed by atoms with Crippen LogP contribution in [0.3, 0.4) is 0 Å². The number of nitrogens with zero attached hydrogens (tertiary/aromatic N) is 5. The number of pyridine rings is 1. The topological polar surface area (TPSA) is 93.2 Å². The van der Waals surface area contributed by atoms with E-state index in [1.165, 1.54) is 20.8 Å². The van der Waals surface area contributed by atoms with Crippen molar-refractivity contribution < 1.29 is 18.7 Å².